The van der Waals surface area contributed by atoms with Crippen LogP contribution in [0.25, 0.3) is 0 Å². The molecule has 0 atom stereocenters. The summed E-state index contributed by atoms with van der Waals surface area (Å²) in [5.41, 5.74) is 5.28. The van der Waals surface area contributed by atoms with Crippen molar-refractivity contribution in [2.75, 3.05) is 19.6 Å². The second-order valence-electron chi connectivity index (χ2n) is 4.09. The zero-order chi connectivity index (χ0) is 10.2. The van der Waals surface area contributed by atoms with Crippen LogP contribution < -0.4 is 11.1 Å². The summed E-state index contributed by atoms with van der Waals surface area (Å²) in [6, 6.07) is 0. The van der Waals surface area contributed by atoms with Gasteiger partial charge in [-0.05, 0) is 12.8 Å². The number of nitrogens with two attached hydrogens (primary N) is 1. The minimum absolute atomic E-state index is 0.00244. The Labute approximate surface area is 82.6 Å². The van der Waals surface area contributed by atoms with Crippen LogP contribution in [0.3, 0.4) is 0 Å². The van der Waals surface area contributed by atoms with Gasteiger partial charge in [-0.15, -0.1) is 0 Å². The molecule has 2 rings (SSSR count). The highest BCUT2D eigenvalue weighted by Crippen LogP contribution is 2.31. The van der Waals surface area contributed by atoms with Gasteiger partial charge < -0.3 is 16.0 Å². The number of rotatable bonds is 1. The van der Waals surface area contributed by atoms with Crippen LogP contribution in [-0.2, 0) is 9.59 Å². The molecule has 2 aliphatic rings. The third kappa shape index (κ3) is 1.48. The maximum atomic E-state index is 11.3. The summed E-state index contributed by atoms with van der Waals surface area (Å²) < 4.78 is 0. The van der Waals surface area contributed by atoms with Crippen molar-refractivity contribution in [2.45, 2.75) is 24.8 Å². The van der Waals surface area contributed by atoms with Crippen molar-refractivity contribution in [3.63, 3.8) is 0 Å². The molecule has 2 saturated heterocycles. The first-order valence-corrected chi connectivity index (χ1v) is 4.94. The summed E-state index contributed by atoms with van der Waals surface area (Å²) in [5.74, 6) is 0.133. The Hall–Kier alpha value is -1.10. The number of β-lactam (4-membered cyclic amide) rings is 1. The van der Waals surface area contributed by atoms with Gasteiger partial charge in [0.05, 0.1) is 12.1 Å². The molecule has 0 aromatic rings. The Kier molecular flexibility index (Phi) is 2.19. The van der Waals surface area contributed by atoms with E-state index in [9.17, 15) is 9.59 Å². The van der Waals surface area contributed by atoms with Crippen molar-refractivity contribution >= 4 is 11.8 Å². The number of piperidine rings is 1. The van der Waals surface area contributed by atoms with Crippen LogP contribution in [0.2, 0.25) is 0 Å². The average Bonchev–Trinajstić information content (AvgIpc) is 2.16. The van der Waals surface area contributed by atoms with Crippen molar-refractivity contribution in [3.05, 3.63) is 0 Å². The van der Waals surface area contributed by atoms with Gasteiger partial charge in [-0.2, -0.15) is 0 Å². The third-order valence-corrected chi connectivity index (χ3v) is 3.15. The van der Waals surface area contributed by atoms with Gasteiger partial charge in [0, 0.05) is 19.5 Å². The normalized spacial score (nSPS) is 24.4. The van der Waals surface area contributed by atoms with Gasteiger partial charge in [0.25, 0.3) is 0 Å². The molecule has 3 N–H and O–H groups in total. The maximum absolute atomic E-state index is 11.3. The van der Waals surface area contributed by atoms with E-state index in [-0.39, 0.29) is 23.9 Å². The van der Waals surface area contributed by atoms with E-state index in [0.717, 1.165) is 25.9 Å². The molecule has 2 fully saturated rings. The zero-order valence-electron chi connectivity index (χ0n) is 8.08. The number of carbonyl (C=O) groups excluding carboxylic acids is 2. The number of hydrogen-bond donors (Lipinski definition) is 2. The van der Waals surface area contributed by atoms with E-state index in [1.54, 1.807) is 4.90 Å². The smallest absolute Gasteiger partial charge is 0.236 e. The predicted molar refractivity (Wildman–Crippen MR) is 50.4 cm³/mol. The molecule has 0 unspecified atom stereocenters. The van der Waals surface area contributed by atoms with E-state index < -0.39 is 0 Å². The van der Waals surface area contributed by atoms with Crippen molar-refractivity contribution < 1.29 is 9.59 Å². The topological polar surface area (TPSA) is 75.4 Å². The molecule has 2 amide bonds. The second-order valence-corrected chi connectivity index (χ2v) is 4.09. The molecule has 78 valence electrons. The van der Waals surface area contributed by atoms with Crippen LogP contribution >= 0.6 is 0 Å². The van der Waals surface area contributed by atoms with Crippen LogP contribution in [0.4, 0.5) is 0 Å². The Morgan fingerprint density at radius 1 is 1.50 bits per heavy atom. The Bertz CT molecular complexity index is 259. The van der Waals surface area contributed by atoms with Gasteiger partial charge in [0.1, 0.15) is 0 Å². The lowest BCUT2D eigenvalue weighted by atomic mass is 9.78. The Morgan fingerprint density at radius 3 is 2.50 bits per heavy atom. The molecule has 0 aliphatic carbocycles. The highest BCUT2D eigenvalue weighted by molar-refractivity contribution is 5.85. The summed E-state index contributed by atoms with van der Waals surface area (Å²) in [6.45, 7) is 1.52. The lowest BCUT2D eigenvalue weighted by molar-refractivity contribution is -0.138. The van der Waals surface area contributed by atoms with Crippen molar-refractivity contribution in [1.82, 2.24) is 10.2 Å². The van der Waals surface area contributed by atoms with E-state index in [1.807, 2.05) is 0 Å². The molecule has 0 bridgehead atoms. The molecule has 0 aromatic heterocycles. The number of likely N-dealkylation sites (tertiary alicyclic amines) is 1. The second kappa shape index (κ2) is 3.24. The molecule has 2 aliphatic heterocycles. The van der Waals surface area contributed by atoms with Crippen LogP contribution in [-0.4, -0.2) is 41.9 Å². The Morgan fingerprint density at radius 2 is 2.07 bits per heavy atom. The number of nitrogens with one attached hydrogen (secondary N) is 1. The van der Waals surface area contributed by atoms with Gasteiger partial charge in [0.15, 0.2) is 0 Å². The molecule has 1 spiro atoms. The molecule has 2 heterocycles. The fourth-order valence-electron chi connectivity index (χ4n) is 2.20. The number of nitrogens with zero attached hydrogens (tertiary/aromatic N) is 1. The van der Waals surface area contributed by atoms with E-state index in [0.29, 0.717) is 6.42 Å². The van der Waals surface area contributed by atoms with Crippen LogP contribution in [0.15, 0.2) is 0 Å². The first-order valence-electron chi connectivity index (χ1n) is 4.94. The van der Waals surface area contributed by atoms with Gasteiger partial charge in [-0.3, -0.25) is 9.59 Å². The molecule has 14 heavy (non-hydrogen) atoms. The monoisotopic (exact) mass is 197 g/mol. The molecular formula is C9H15N3O2. The minimum atomic E-state index is 0.00244. The van der Waals surface area contributed by atoms with Crippen molar-refractivity contribution in [3.8, 4) is 0 Å². The predicted octanol–water partition coefficient (Wildman–Crippen LogP) is -1.17. The lowest BCUT2D eigenvalue weighted by Gasteiger charge is -2.47. The fourth-order valence-corrected chi connectivity index (χ4v) is 2.20. The number of carbonyl (C=O) groups is 2. The SMILES string of the molecule is NCC(=O)N1CCC2(CC1)CC(=O)N2. The summed E-state index contributed by atoms with van der Waals surface area (Å²) in [4.78, 5) is 23.9. The first-order chi connectivity index (χ1) is 6.65. The molecular weight excluding hydrogens is 182 g/mol. The molecule has 5 nitrogen and oxygen atoms in total. The first kappa shape index (κ1) is 9.45. The van der Waals surface area contributed by atoms with Crippen molar-refractivity contribution in [2.24, 2.45) is 5.73 Å². The average molecular weight is 197 g/mol. The van der Waals surface area contributed by atoms with Gasteiger partial charge in [-0.25, -0.2) is 0 Å². The van der Waals surface area contributed by atoms with Crippen LogP contribution in [0, 0.1) is 0 Å². The molecule has 0 saturated carbocycles. The minimum Gasteiger partial charge on any atom is -0.350 e. The van der Waals surface area contributed by atoms with Crippen LogP contribution in [0.5, 0.6) is 0 Å². The summed E-state index contributed by atoms with van der Waals surface area (Å²) in [7, 11) is 0. The maximum Gasteiger partial charge on any atom is 0.236 e. The van der Waals surface area contributed by atoms with E-state index in [1.165, 1.54) is 0 Å². The standard InChI is InChI=1S/C9H15N3O2/c10-6-8(14)12-3-1-9(2-4-12)5-7(13)11-9/h1-6,10H2,(H,11,13). The Balaban J connectivity index is 1.86. The summed E-state index contributed by atoms with van der Waals surface area (Å²) in [6.07, 6.45) is 2.35. The van der Waals surface area contributed by atoms with E-state index in [2.05, 4.69) is 5.32 Å². The van der Waals surface area contributed by atoms with Crippen LogP contribution in [0.1, 0.15) is 19.3 Å². The summed E-state index contributed by atoms with van der Waals surface area (Å²) >= 11 is 0. The van der Waals surface area contributed by atoms with Gasteiger partial charge >= 0.3 is 0 Å². The number of amides is 2. The summed E-state index contributed by atoms with van der Waals surface area (Å²) in [5, 5.41) is 2.93. The van der Waals surface area contributed by atoms with Gasteiger partial charge in [0.2, 0.25) is 11.8 Å². The van der Waals surface area contributed by atoms with Crippen molar-refractivity contribution in [1.29, 1.82) is 0 Å². The van der Waals surface area contributed by atoms with E-state index in [4.69, 9.17) is 5.73 Å². The highest BCUT2D eigenvalue weighted by atomic mass is 16.2. The molecule has 0 aromatic carbocycles. The largest absolute Gasteiger partial charge is 0.350 e. The highest BCUT2D eigenvalue weighted by Gasteiger charge is 2.45. The van der Waals surface area contributed by atoms with Gasteiger partial charge in [-0.1, -0.05) is 0 Å². The fraction of sp³-hybridized carbons (Fsp3) is 0.778. The molecule has 0 radical (unpaired) electrons. The molecule has 5 heteroatoms. The zero-order valence-corrected chi connectivity index (χ0v) is 8.08. The quantitative estimate of drug-likeness (QED) is 0.520. The lowest BCUT2D eigenvalue weighted by Crippen LogP contribution is -2.65. The third-order valence-electron chi connectivity index (χ3n) is 3.15. The van der Waals surface area contributed by atoms with E-state index >= 15 is 0 Å². The number of hydrogen-bond acceptors (Lipinski definition) is 3.